The molecule has 0 aliphatic heterocycles. The van der Waals surface area contributed by atoms with E-state index in [9.17, 15) is 4.79 Å². The van der Waals surface area contributed by atoms with Crippen molar-refractivity contribution in [3.8, 4) is 28.3 Å². The smallest absolute Gasteiger partial charge is 0.270 e. The van der Waals surface area contributed by atoms with Crippen LogP contribution in [0.25, 0.3) is 28.2 Å². The van der Waals surface area contributed by atoms with Crippen molar-refractivity contribution in [2.75, 3.05) is 7.11 Å². The van der Waals surface area contributed by atoms with E-state index in [1.165, 1.54) is 0 Å². The summed E-state index contributed by atoms with van der Waals surface area (Å²) >= 11 is 0. The van der Waals surface area contributed by atoms with Crippen molar-refractivity contribution < 1.29 is 9.53 Å². The fourth-order valence-corrected chi connectivity index (χ4v) is 3.98. The van der Waals surface area contributed by atoms with Gasteiger partial charge in [-0.3, -0.25) is 4.79 Å². The molecule has 2 heterocycles. The lowest BCUT2D eigenvalue weighted by Crippen LogP contribution is -2.28. The van der Waals surface area contributed by atoms with E-state index in [1.807, 2.05) is 97.9 Å². The first-order chi connectivity index (χ1) is 16.6. The number of ether oxygens (including phenoxy) is 1. The number of rotatable bonds is 6. The Bertz CT molecular complexity index is 1450. The number of aromatic nitrogens is 3. The molecular formula is C28H24N4O2. The van der Waals surface area contributed by atoms with Crippen LogP contribution in [-0.4, -0.2) is 27.6 Å². The number of carbonyl (C=O) groups is 1. The molecule has 5 aromatic rings. The number of amides is 1. The van der Waals surface area contributed by atoms with Crippen LogP contribution < -0.4 is 10.1 Å². The maximum Gasteiger partial charge on any atom is 0.270 e. The second-order valence-corrected chi connectivity index (χ2v) is 8.00. The van der Waals surface area contributed by atoms with Gasteiger partial charge in [-0.25, -0.2) is 9.50 Å². The number of hydrogen-bond acceptors (Lipinski definition) is 4. The second-order valence-electron chi connectivity index (χ2n) is 8.00. The normalized spacial score (nSPS) is 11.8. The number of nitrogens with zero attached hydrogens (tertiary/aromatic N) is 3. The van der Waals surface area contributed by atoms with Crippen molar-refractivity contribution in [1.82, 2.24) is 19.9 Å². The molecule has 0 bridgehead atoms. The average Bonchev–Trinajstić information content (AvgIpc) is 3.33. The zero-order chi connectivity index (χ0) is 23.5. The minimum Gasteiger partial charge on any atom is -0.496 e. The number of hydrogen-bond donors (Lipinski definition) is 1. The van der Waals surface area contributed by atoms with Crippen LogP contribution in [0.3, 0.4) is 0 Å². The van der Waals surface area contributed by atoms with Gasteiger partial charge in [-0.2, -0.15) is 5.10 Å². The Balaban J connectivity index is 1.63. The number of methoxy groups -OCH3 is 1. The van der Waals surface area contributed by atoms with Gasteiger partial charge in [0.05, 0.1) is 24.5 Å². The predicted molar refractivity (Wildman–Crippen MR) is 133 cm³/mol. The molecule has 6 nitrogen and oxygen atoms in total. The van der Waals surface area contributed by atoms with E-state index >= 15 is 0 Å². The van der Waals surface area contributed by atoms with E-state index in [-0.39, 0.29) is 11.9 Å². The number of nitrogens with one attached hydrogen (secondary N) is 1. The number of carbonyl (C=O) groups excluding carboxylic acids is 1. The molecule has 0 aliphatic carbocycles. The lowest BCUT2D eigenvalue weighted by atomic mass is 10.1. The van der Waals surface area contributed by atoms with E-state index in [0.29, 0.717) is 22.8 Å². The van der Waals surface area contributed by atoms with Crippen molar-refractivity contribution in [3.05, 3.63) is 108 Å². The summed E-state index contributed by atoms with van der Waals surface area (Å²) in [5, 5.41) is 7.83. The highest BCUT2D eigenvalue weighted by atomic mass is 16.5. The summed E-state index contributed by atoms with van der Waals surface area (Å²) in [5.74, 6) is 0.453. The summed E-state index contributed by atoms with van der Waals surface area (Å²) in [6.45, 7) is 1.96. The van der Waals surface area contributed by atoms with E-state index in [0.717, 1.165) is 22.4 Å². The molecule has 34 heavy (non-hydrogen) atoms. The Hall–Kier alpha value is -4.45. The third-order valence-corrected chi connectivity index (χ3v) is 5.76. The summed E-state index contributed by atoms with van der Waals surface area (Å²) in [5.41, 5.74) is 5.15. The summed E-state index contributed by atoms with van der Waals surface area (Å²) < 4.78 is 7.15. The van der Waals surface area contributed by atoms with Crippen molar-refractivity contribution in [1.29, 1.82) is 0 Å². The Labute approximate surface area is 197 Å². The van der Waals surface area contributed by atoms with Gasteiger partial charge in [0.1, 0.15) is 11.4 Å². The van der Waals surface area contributed by atoms with Crippen LogP contribution in [-0.2, 0) is 0 Å². The minimum absolute atomic E-state index is 0.171. The van der Waals surface area contributed by atoms with Crippen LogP contribution in [0.15, 0.2) is 97.1 Å². The highest BCUT2D eigenvalue weighted by Crippen LogP contribution is 2.30. The topological polar surface area (TPSA) is 68.5 Å². The maximum absolute atomic E-state index is 13.5. The van der Waals surface area contributed by atoms with Crippen LogP contribution in [0.5, 0.6) is 5.75 Å². The SMILES string of the molecule is COc1ccccc1-c1cc(C(=O)N[C@@H](C)c2ccccc2)n2nc(-c3ccccc3)cc2n1. The van der Waals surface area contributed by atoms with Crippen LogP contribution in [0.1, 0.15) is 29.0 Å². The quantitative estimate of drug-likeness (QED) is 0.369. The van der Waals surface area contributed by atoms with E-state index in [2.05, 4.69) is 5.32 Å². The second kappa shape index (κ2) is 9.19. The van der Waals surface area contributed by atoms with Crippen LogP contribution >= 0.6 is 0 Å². The summed E-state index contributed by atoms with van der Waals surface area (Å²) in [6.07, 6.45) is 0. The van der Waals surface area contributed by atoms with Crippen molar-refractivity contribution in [3.63, 3.8) is 0 Å². The zero-order valence-corrected chi connectivity index (χ0v) is 19.0. The van der Waals surface area contributed by atoms with Gasteiger partial charge in [0.25, 0.3) is 5.91 Å². The van der Waals surface area contributed by atoms with Gasteiger partial charge in [0.15, 0.2) is 5.65 Å². The molecule has 0 saturated carbocycles. The van der Waals surface area contributed by atoms with Gasteiger partial charge in [0.2, 0.25) is 0 Å². The fourth-order valence-electron chi connectivity index (χ4n) is 3.98. The average molecular weight is 449 g/mol. The standard InChI is InChI=1S/C28H24N4O2/c1-19(20-11-5-3-6-12-20)29-28(33)25-17-24(22-15-9-10-16-26(22)34-2)30-27-18-23(31-32(25)27)21-13-7-4-8-14-21/h3-19H,1-2H3,(H,29,33)/t19-/m0/s1. The zero-order valence-electron chi connectivity index (χ0n) is 19.0. The molecule has 0 aliphatic rings. The Morgan fingerprint density at radius 2 is 1.56 bits per heavy atom. The third kappa shape index (κ3) is 4.13. The molecule has 2 aromatic heterocycles. The number of fused-ring (bicyclic) bond motifs is 1. The highest BCUT2D eigenvalue weighted by Gasteiger charge is 2.20. The molecule has 3 aromatic carbocycles. The molecule has 1 atom stereocenters. The van der Waals surface area contributed by atoms with E-state index in [1.54, 1.807) is 17.7 Å². The summed E-state index contributed by atoms with van der Waals surface area (Å²) in [4.78, 5) is 18.3. The molecule has 1 amide bonds. The third-order valence-electron chi connectivity index (χ3n) is 5.76. The first-order valence-electron chi connectivity index (χ1n) is 11.1. The van der Waals surface area contributed by atoms with Gasteiger partial charge in [-0.05, 0) is 30.7 Å². The molecule has 6 heteroatoms. The minimum atomic E-state index is -0.234. The number of para-hydroxylation sites is 1. The van der Waals surface area contributed by atoms with E-state index < -0.39 is 0 Å². The lowest BCUT2D eigenvalue weighted by Gasteiger charge is -2.15. The lowest BCUT2D eigenvalue weighted by molar-refractivity contribution is 0.0932. The molecule has 5 rings (SSSR count). The summed E-state index contributed by atoms with van der Waals surface area (Å²) in [7, 11) is 1.62. The highest BCUT2D eigenvalue weighted by molar-refractivity contribution is 5.95. The van der Waals surface area contributed by atoms with Crippen molar-refractivity contribution in [2.24, 2.45) is 0 Å². The monoisotopic (exact) mass is 448 g/mol. The number of benzene rings is 3. The largest absolute Gasteiger partial charge is 0.496 e. The van der Waals surface area contributed by atoms with Gasteiger partial charge < -0.3 is 10.1 Å². The van der Waals surface area contributed by atoms with Crippen molar-refractivity contribution in [2.45, 2.75) is 13.0 Å². The Kier molecular flexibility index (Phi) is 5.79. The maximum atomic E-state index is 13.5. The molecule has 0 fully saturated rings. The molecule has 1 N–H and O–H groups in total. The van der Waals surface area contributed by atoms with Gasteiger partial charge >= 0.3 is 0 Å². The Morgan fingerprint density at radius 3 is 2.29 bits per heavy atom. The van der Waals surface area contributed by atoms with Crippen LogP contribution in [0.4, 0.5) is 0 Å². The first-order valence-corrected chi connectivity index (χ1v) is 11.1. The molecule has 0 unspecified atom stereocenters. The van der Waals surface area contributed by atoms with Crippen molar-refractivity contribution >= 4 is 11.6 Å². The molecule has 0 radical (unpaired) electrons. The van der Waals surface area contributed by atoms with Gasteiger partial charge in [-0.15, -0.1) is 0 Å². The van der Waals surface area contributed by atoms with Gasteiger partial charge in [0, 0.05) is 17.2 Å². The molecule has 0 spiro atoms. The molecule has 0 saturated heterocycles. The fraction of sp³-hybridized carbons (Fsp3) is 0.107. The summed E-state index contributed by atoms with van der Waals surface area (Å²) in [6, 6.07) is 30.8. The molecular weight excluding hydrogens is 424 g/mol. The van der Waals surface area contributed by atoms with E-state index in [4.69, 9.17) is 14.8 Å². The van der Waals surface area contributed by atoms with Crippen LogP contribution in [0, 0.1) is 0 Å². The Morgan fingerprint density at radius 1 is 0.882 bits per heavy atom. The first kappa shape index (κ1) is 21.4. The molecule has 168 valence electrons. The van der Waals surface area contributed by atoms with Crippen LogP contribution in [0.2, 0.25) is 0 Å². The van der Waals surface area contributed by atoms with Gasteiger partial charge in [-0.1, -0.05) is 72.8 Å². The predicted octanol–water partition coefficient (Wildman–Crippen LogP) is 5.56.